The maximum absolute atomic E-state index is 14.0. The van der Waals surface area contributed by atoms with Crippen molar-refractivity contribution in [2.75, 3.05) is 5.75 Å². The number of aromatic nitrogens is 1. The highest BCUT2D eigenvalue weighted by atomic mass is 32.2. The monoisotopic (exact) mass is 617 g/mol. The SMILES string of the molecule is CC1=CCCC2(C)C(CCC2(O)CSc2nc3ccccc3s2)c2ccc(cc2C(=O)c2ccc(C)s2)CC(O)CC1. The first-order valence-electron chi connectivity index (χ1n) is 14.9. The average molecular weight is 618 g/mol. The molecule has 220 valence electrons. The molecule has 0 aliphatic heterocycles. The van der Waals surface area contributed by atoms with Crippen molar-refractivity contribution in [3.8, 4) is 0 Å². The Labute approximate surface area is 260 Å². The number of ketones is 1. The van der Waals surface area contributed by atoms with Gasteiger partial charge in [-0.1, -0.05) is 54.6 Å². The number of rotatable bonds is 5. The minimum absolute atomic E-state index is 0.0362. The Hall–Kier alpha value is -2.29. The normalized spacial score (nSPS) is 26.6. The van der Waals surface area contributed by atoms with Crippen molar-refractivity contribution in [2.24, 2.45) is 5.41 Å². The molecule has 1 fully saturated rings. The Balaban J connectivity index is 1.40. The van der Waals surface area contributed by atoms with Gasteiger partial charge in [0.15, 0.2) is 4.34 Å². The van der Waals surface area contributed by atoms with Gasteiger partial charge < -0.3 is 10.2 Å². The molecule has 7 heteroatoms. The van der Waals surface area contributed by atoms with Gasteiger partial charge in [-0.3, -0.25) is 4.79 Å². The second kappa shape index (κ2) is 12.0. The third-order valence-corrected chi connectivity index (χ3v) is 13.0. The fraction of sp³-hybridized carbons (Fsp3) is 0.429. The van der Waals surface area contributed by atoms with Crippen molar-refractivity contribution in [1.82, 2.24) is 4.98 Å². The zero-order valence-corrected chi connectivity index (χ0v) is 27.0. The number of aliphatic hydroxyl groups excluding tert-OH is 1. The molecule has 4 aromatic rings. The number of thiophene rings is 1. The van der Waals surface area contributed by atoms with Crippen LogP contribution in [0.2, 0.25) is 0 Å². The highest BCUT2D eigenvalue weighted by Gasteiger charge is 2.56. The third-order valence-electron chi connectivity index (χ3n) is 9.59. The number of benzene rings is 2. The van der Waals surface area contributed by atoms with Gasteiger partial charge in [-0.2, -0.15) is 0 Å². The van der Waals surface area contributed by atoms with Crippen LogP contribution in [0.15, 0.2) is 70.6 Å². The van der Waals surface area contributed by atoms with E-state index in [1.165, 1.54) is 21.6 Å². The molecule has 3 aliphatic rings. The summed E-state index contributed by atoms with van der Waals surface area (Å²) in [5, 5.41) is 23.3. The van der Waals surface area contributed by atoms with Crippen molar-refractivity contribution in [3.63, 3.8) is 0 Å². The van der Waals surface area contributed by atoms with Crippen LogP contribution in [0.3, 0.4) is 0 Å². The fourth-order valence-corrected chi connectivity index (χ4v) is 10.2. The number of nitrogens with zero attached hydrogens (tertiary/aromatic N) is 1. The van der Waals surface area contributed by atoms with Crippen LogP contribution in [0, 0.1) is 12.3 Å². The first-order valence-corrected chi connectivity index (χ1v) is 17.6. The van der Waals surface area contributed by atoms with Crippen LogP contribution < -0.4 is 0 Å². The summed E-state index contributed by atoms with van der Waals surface area (Å²) < 4.78 is 2.15. The van der Waals surface area contributed by atoms with E-state index in [4.69, 9.17) is 4.98 Å². The molecule has 4 unspecified atom stereocenters. The molecule has 0 amide bonds. The third kappa shape index (κ3) is 5.79. The molecule has 4 atom stereocenters. The molecule has 2 bridgehead atoms. The van der Waals surface area contributed by atoms with E-state index in [1.807, 2.05) is 43.3 Å². The Bertz CT molecular complexity index is 1600. The lowest BCUT2D eigenvalue weighted by atomic mass is 9.65. The summed E-state index contributed by atoms with van der Waals surface area (Å²) in [4.78, 5) is 20.7. The molecule has 2 heterocycles. The Kier molecular flexibility index (Phi) is 8.51. The van der Waals surface area contributed by atoms with Gasteiger partial charge in [0.25, 0.3) is 0 Å². The number of hydrogen-bond donors (Lipinski definition) is 2. The van der Waals surface area contributed by atoms with E-state index in [0.29, 0.717) is 25.0 Å². The molecule has 1 saturated carbocycles. The lowest BCUT2D eigenvalue weighted by Gasteiger charge is -2.44. The number of aliphatic hydroxyl groups is 2. The zero-order valence-electron chi connectivity index (χ0n) is 24.6. The van der Waals surface area contributed by atoms with E-state index in [9.17, 15) is 15.0 Å². The van der Waals surface area contributed by atoms with Crippen molar-refractivity contribution in [3.05, 3.63) is 92.7 Å². The number of hydrogen-bond acceptors (Lipinski definition) is 7. The van der Waals surface area contributed by atoms with E-state index >= 15 is 0 Å². The topological polar surface area (TPSA) is 70.4 Å². The van der Waals surface area contributed by atoms with Gasteiger partial charge >= 0.3 is 0 Å². The van der Waals surface area contributed by atoms with E-state index in [2.05, 4.69) is 38.1 Å². The van der Waals surface area contributed by atoms with Crippen LogP contribution in [0.25, 0.3) is 10.2 Å². The predicted molar refractivity (Wildman–Crippen MR) is 176 cm³/mol. The number of carbonyl (C=O) groups is 1. The minimum atomic E-state index is -0.909. The number of aryl methyl sites for hydroxylation is 1. The van der Waals surface area contributed by atoms with Crippen LogP contribution in [-0.4, -0.2) is 38.4 Å². The Morgan fingerprint density at radius 2 is 1.90 bits per heavy atom. The number of para-hydroxylation sites is 1. The van der Waals surface area contributed by atoms with Gasteiger partial charge in [-0.05, 0) is 106 Å². The lowest BCUT2D eigenvalue weighted by Crippen LogP contribution is -2.46. The highest BCUT2D eigenvalue weighted by molar-refractivity contribution is 8.01. The maximum Gasteiger partial charge on any atom is 0.203 e. The molecule has 0 radical (unpaired) electrons. The van der Waals surface area contributed by atoms with Crippen LogP contribution in [0.5, 0.6) is 0 Å². The van der Waals surface area contributed by atoms with E-state index < -0.39 is 17.1 Å². The van der Waals surface area contributed by atoms with E-state index in [-0.39, 0.29) is 11.7 Å². The Morgan fingerprint density at radius 3 is 2.69 bits per heavy atom. The first kappa shape index (κ1) is 29.8. The van der Waals surface area contributed by atoms with Crippen molar-refractivity contribution < 1.29 is 15.0 Å². The molecule has 3 aliphatic carbocycles. The molecule has 4 nitrogen and oxygen atoms in total. The van der Waals surface area contributed by atoms with Gasteiger partial charge in [-0.15, -0.1) is 22.7 Å². The van der Waals surface area contributed by atoms with Crippen molar-refractivity contribution in [1.29, 1.82) is 0 Å². The van der Waals surface area contributed by atoms with Gasteiger partial charge in [0, 0.05) is 21.6 Å². The molecular weight excluding hydrogens is 579 g/mol. The number of thiazole rings is 1. The number of allylic oxidation sites excluding steroid dienone is 2. The van der Waals surface area contributed by atoms with Gasteiger partial charge in [0.05, 0.1) is 26.8 Å². The molecule has 7 rings (SSSR count). The number of fused-ring (bicyclic) bond motifs is 9. The van der Waals surface area contributed by atoms with Crippen LogP contribution in [-0.2, 0) is 6.42 Å². The van der Waals surface area contributed by atoms with Crippen LogP contribution in [0.4, 0.5) is 0 Å². The fourth-order valence-electron chi connectivity index (χ4n) is 6.96. The maximum atomic E-state index is 14.0. The molecule has 2 N–H and O–H groups in total. The van der Waals surface area contributed by atoms with Crippen molar-refractivity contribution >= 4 is 50.4 Å². The number of thioether (sulfide) groups is 1. The summed E-state index contributed by atoms with van der Waals surface area (Å²) in [5.74, 6) is 0.651. The standard InChI is InChI=1S/C35H39NO3S3/c1-22-7-6-17-34(3)28(16-18-35(34,39)21-40-33-36-29-8-4-5-9-30(29)42-33)26-14-12-24(19-25(37)13-10-22)20-27(26)32(38)31-15-11-23(2)41-31/h4-5,7-9,11-12,14-15,20,25,28,37,39H,6,10,13,16-19,21H2,1-3H3. The average Bonchev–Trinajstić information content (AvgIpc) is 3.66. The quantitative estimate of drug-likeness (QED) is 0.133. The second-order valence-electron chi connectivity index (χ2n) is 12.4. The van der Waals surface area contributed by atoms with Crippen molar-refractivity contribution in [2.45, 2.75) is 87.7 Å². The van der Waals surface area contributed by atoms with Crippen LogP contribution >= 0.6 is 34.4 Å². The smallest absolute Gasteiger partial charge is 0.203 e. The molecule has 0 spiro atoms. The largest absolute Gasteiger partial charge is 0.393 e. The molecule has 0 saturated heterocycles. The Morgan fingerprint density at radius 1 is 1.07 bits per heavy atom. The summed E-state index contributed by atoms with van der Waals surface area (Å²) in [6, 6.07) is 18.4. The van der Waals surface area contributed by atoms with Gasteiger partial charge in [-0.25, -0.2) is 4.98 Å². The summed E-state index contributed by atoms with van der Waals surface area (Å²) in [6.45, 7) is 6.43. The number of carbonyl (C=O) groups excluding carboxylic acids is 1. The molecule has 42 heavy (non-hydrogen) atoms. The zero-order chi connectivity index (χ0) is 29.5. The first-order chi connectivity index (χ1) is 20.1. The molecular formula is C35H39NO3S3. The van der Waals surface area contributed by atoms with Crippen LogP contribution in [0.1, 0.15) is 89.5 Å². The van der Waals surface area contributed by atoms with E-state index in [1.54, 1.807) is 23.1 Å². The molecule has 2 aromatic carbocycles. The summed E-state index contributed by atoms with van der Waals surface area (Å²) in [7, 11) is 0. The molecule has 2 aromatic heterocycles. The highest BCUT2D eigenvalue weighted by Crippen LogP contribution is 2.60. The summed E-state index contributed by atoms with van der Waals surface area (Å²) >= 11 is 4.88. The van der Waals surface area contributed by atoms with E-state index in [0.717, 1.165) is 62.0 Å². The minimum Gasteiger partial charge on any atom is -0.393 e. The van der Waals surface area contributed by atoms with Gasteiger partial charge in [0.2, 0.25) is 5.78 Å². The van der Waals surface area contributed by atoms with Gasteiger partial charge in [0.1, 0.15) is 0 Å². The lowest BCUT2D eigenvalue weighted by molar-refractivity contribution is -0.0422. The second-order valence-corrected chi connectivity index (χ2v) is 16.0. The summed E-state index contributed by atoms with van der Waals surface area (Å²) in [5.41, 5.74) is 3.70. The summed E-state index contributed by atoms with van der Waals surface area (Å²) in [6.07, 6.45) is 7.09. The predicted octanol–water partition coefficient (Wildman–Crippen LogP) is 8.73.